The number of hydrogen-bond donors (Lipinski definition) is 2. The highest BCUT2D eigenvalue weighted by Gasteiger charge is 2.25. The van der Waals surface area contributed by atoms with Crippen LogP contribution in [-0.4, -0.2) is 54.7 Å². The highest BCUT2D eigenvalue weighted by atomic mass is 16.5. The number of hydrogen-bond acceptors (Lipinski definition) is 5. The number of carbonyl (C=O) groups is 3. The predicted molar refractivity (Wildman–Crippen MR) is 57.3 cm³/mol. The third-order valence-corrected chi connectivity index (χ3v) is 2.73. The van der Waals surface area contributed by atoms with Gasteiger partial charge in [0.1, 0.15) is 0 Å². The second kappa shape index (κ2) is 6.19. The summed E-state index contributed by atoms with van der Waals surface area (Å²) in [6.07, 6.45) is 0.275. The summed E-state index contributed by atoms with van der Waals surface area (Å²) >= 11 is 0. The topological polar surface area (TPSA) is 95.9 Å². The van der Waals surface area contributed by atoms with E-state index in [0.717, 1.165) is 0 Å². The number of imide groups is 1. The van der Waals surface area contributed by atoms with Crippen molar-refractivity contribution in [3.8, 4) is 0 Å². The second-order valence-electron chi connectivity index (χ2n) is 3.93. The number of carboxylic acid groups (broad SMARTS) is 1. The van der Waals surface area contributed by atoms with Gasteiger partial charge in [0.05, 0.1) is 19.6 Å². The van der Waals surface area contributed by atoms with Crippen LogP contribution in [-0.2, 0) is 14.3 Å². The van der Waals surface area contributed by atoms with Crippen LogP contribution in [0, 0.1) is 5.92 Å². The van der Waals surface area contributed by atoms with E-state index in [1.54, 1.807) is 0 Å². The molecule has 0 spiro atoms. The van der Waals surface area contributed by atoms with E-state index in [1.807, 2.05) is 4.90 Å². The Bertz CT molecular complexity index is 310. The average Bonchev–Trinajstić information content (AvgIpc) is 2.29. The number of piperidine rings is 1. The Hall–Kier alpha value is -1.63. The van der Waals surface area contributed by atoms with E-state index < -0.39 is 18.0 Å². The van der Waals surface area contributed by atoms with Crippen molar-refractivity contribution in [2.24, 2.45) is 5.92 Å². The van der Waals surface area contributed by atoms with Gasteiger partial charge < -0.3 is 9.84 Å². The molecule has 0 aromatic rings. The summed E-state index contributed by atoms with van der Waals surface area (Å²) in [4.78, 5) is 34.6. The fraction of sp³-hybridized carbons (Fsp3) is 0.700. The summed E-state index contributed by atoms with van der Waals surface area (Å²) in [6, 6.07) is 0. The first-order chi connectivity index (χ1) is 8.02. The minimum absolute atomic E-state index is 0.0848. The molecule has 7 nitrogen and oxygen atoms in total. The maximum Gasteiger partial charge on any atom is 0.413 e. The largest absolute Gasteiger partial charge is 0.481 e. The smallest absolute Gasteiger partial charge is 0.413 e. The summed E-state index contributed by atoms with van der Waals surface area (Å²) < 4.78 is 4.29. The van der Waals surface area contributed by atoms with Crippen molar-refractivity contribution in [1.29, 1.82) is 0 Å². The lowest BCUT2D eigenvalue weighted by molar-refractivity contribution is -0.143. The molecule has 1 aliphatic heterocycles. The minimum atomic E-state index is -0.788. The molecule has 1 fully saturated rings. The number of alkyl carbamates (subject to hydrolysis) is 1. The number of carboxylic acids is 1. The fourth-order valence-corrected chi connectivity index (χ4v) is 1.75. The van der Waals surface area contributed by atoms with Crippen LogP contribution in [0.5, 0.6) is 0 Å². The van der Waals surface area contributed by atoms with Crippen LogP contribution in [0.25, 0.3) is 0 Å². The maximum atomic E-state index is 11.3. The number of aliphatic carboxylic acids is 1. The first kappa shape index (κ1) is 13.4. The number of methoxy groups -OCH3 is 1. The molecule has 0 bridgehead atoms. The lowest BCUT2D eigenvalue weighted by Gasteiger charge is -2.29. The molecule has 17 heavy (non-hydrogen) atoms. The summed E-state index contributed by atoms with van der Waals surface area (Å²) in [5, 5.41) is 10.9. The summed E-state index contributed by atoms with van der Waals surface area (Å²) in [5.41, 5.74) is 0. The van der Waals surface area contributed by atoms with E-state index in [2.05, 4.69) is 10.1 Å². The second-order valence-corrected chi connectivity index (χ2v) is 3.93. The molecule has 2 N–H and O–H groups in total. The monoisotopic (exact) mass is 244 g/mol. The number of ether oxygens (including phenoxy) is 1. The molecule has 0 aromatic heterocycles. The van der Waals surface area contributed by atoms with Crippen molar-refractivity contribution in [3.63, 3.8) is 0 Å². The number of carbonyl (C=O) groups excluding carboxylic acids is 2. The molecule has 0 saturated carbocycles. The molecule has 1 saturated heterocycles. The molecular weight excluding hydrogens is 228 g/mol. The van der Waals surface area contributed by atoms with Gasteiger partial charge in [0, 0.05) is 0 Å². The molecule has 96 valence electrons. The van der Waals surface area contributed by atoms with Crippen LogP contribution in [0.3, 0.4) is 0 Å². The Morgan fingerprint density at radius 1 is 1.35 bits per heavy atom. The molecule has 1 aliphatic rings. The van der Waals surface area contributed by atoms with Crippen molar-refractivity contribution in [2.45, 2.75) is 12.8 Å². The van der Waals surface area contributed by atoms with E-state index in [4.69, 9.17) is 5.11 Å². The zero-order chi connectivity index (χ0) is 12.8. The molecule has 0 aliphatic carbocycles. The maximum absolute atomic E-state index is 11.3. The van der Waals surface area contributed by atoms with E-state index in [9.17, 15) is 14.4 Å². The molecule has 0 radical (unpaired) electrons. The summed E-state index contributed by atoms with van der Waals surface area (Å²) in [7, 11) is 1.18. The van der Waals surface area contributed by atoms with Crippen LogP contribution in [0.4, 0.5) is 4.79 Å². The Kier molecular flexibility index (Phi) is 4.89. The number of rotatable bonds is 3. The zero-order valence-electron chi connectivity index (χ0n) is 9.64. The van der Waals surface area contributed by atoms with Gasteiger partial charge in [-0.3, -0.25) is 19.8 Å². The normalized spacial score (nSPS) is 17.5. The average molecular weight is 244 g/mol. The summed E-state index contributed by atoms with van der Waals surface area (Å²) in [5.74, 6) is -1.55. The Balaban J connectivity index is 2.28. The zero-order valence-corrected chi connectivity index (χ0v) is 9.64. The predicted octanol–water partition coefficient (Wildman–Crippen LogP) is -0.334. The highest BCUT2D eigenvalue weighted by Crippen LogP contribution is 2.16. The van der Waals surface area contributed by atoms with Gasteiger partial charge in [-0.2, -0.15) is 0 Å². The SMILES string of the molecule is COC(=O)NC(=O)CN1CCC(C(=O)O)CC1. The van der Waals surface area contributed by atoms with Gasteiger partial charge in [-0.05, 0) is 25.9 Å². The van der Waals surface area contributed by atoms with Gasteiger partial charge >= 0.3 is 12.1 Å². The first-order valence-corrected chi connectivity index (χ1v) is 5.36. The molecule has 0 aromatic carbocycles. The third-order valence-electron chi connectivity index (χ3n) is 2.73. The Morgan fingerprint density at radius 2 is 1.94 bits per heavy atom. The molecule has 7 heteroatoms. The lowest BCUT2D eigenvalue weighted by Crippen LogP contribution is -2.44. The van der Waals surface area contributed by atoms with Gasteiger partial charge in [-0.25, -0.2) is 4.79 Å². The summed E-state index contributed by atoms with van der Waals surface area (Å²) in [6.45, 7) is 1.18. The van der Waals surface area contributed by atoms with Crippen molar-refractivity contribution in [2.75, 3.05) is 26.7 Å². The molecule has 1 rings (SSSR count). The van der Waals surface area contributed by atoms with Crippen molar-refractivity contribution >= 4 is 18.0 Å². The van der Waals surface area contributed by atoms with Gasteiger partial charge in [0.15, 0.2) is 0 Å². The number of nitrogens with one attached hydrogen (secondary N) is 1. The van der Waals surface area contributed by atoms with E-state index in [0.29, 0.717) is 25.9 Å². The number of amides is 2. The first-order valence-electron chi connectivity index (χ1n) is 5.36. The lowest BCUT2D eigenvalue weighted by atomic mass is 9.97. The van der Waals surface area contributed by atoms with E-state index in [-0.39, 0.29) is 12.5 Å². The van der Waals surface area contributed by atoms with Crippen molar-refractivity contribution in [1.82, 2.24) is 10.2 Å². The van der Waals surface area contributed by atoms with Gasteiger partial charge in [-0.1, -0.05) is 0 Å². The van der Waals surface area contributed by atoms with Gasteiger partial charge in [-0.15, -0.1) is 0 Å². The third kappa shape index (κ3) is 4.39. The van der Waals surface area contributed by atoms with Crippen LogP contribution >= 0.6 is 0 Å². The van der Waals surface area contributed by atoms with Gasteiger partial charge in [0.25, 0.3) is 0 Å². The molecule has 1 heterocycles. The van der Waals surface area contributed by atoms with E-state index >= 15 is 0 Å². The number of nitrogens with zero attached hydrogens (tertiary/aromatic N) is 1. The molecule has 2 amide bonds. The standard InChI is InChI=1S/C10H16N2O5/c1-17-10(16)11-8(13)6-12-4-2-7(3-5-12)9(14)15/h7H,2-6H2,1H3,(H,14,15)(H,11,13,16). The van der Waals surface area contributed by atoms with Crippen LogP contribution in [0.1, 0.15) is 12.8 Å². The van der Waals surface area contributed by atoms with Crippen molar-refractivity contribution in [3.05, 3.63) is 0 Å². The molecule has 0 atom stereocenters. The van der Waals surface area contributed by atoms with Crippen LogP contribution < -0.4 is 5.32 Å². The fourth-order valence-electron chi connectivity index (χ4n) is 1.75. The van der Waals surface area contributed by atoms with Gasteiger partial charge in [0.2, 0.25) is 5.91 Å². The molecule has 0 unspecified atom stereocenters. The minimum Gasteiger partial charge on any atom is -0.481 e. The highest BCUT2D eigenvalue weighted by molar-refractivity contribution is 5.92. The van der Waals surface area contributed by atoms with Crippen LogP contribution in [0.2, 0.25) is 0 Å². The van der Waals surface area contributed by atoms with Crippen LogP contribution in [0.15, 0.2) is 0 Å². The quantitative estimate of drug-likeness (QED) is 0.705. The van der Waals surface area contributed by atoms with E-state index in [1.165, 1.54) is 7.11 Å². The van der Waals surface area contributed by atoms with Crippen molar-refractivity contribution < 1.29 is 24.2 Å². The molecular formula is C10H16N2O5. The Labute approximate surface area is 98.7 Å². The number of likely N-dealkylation sites (tertiary alicyclic amines) is 1. The Morgan fingerprint density at radius 3 is 2.41 bits per heavy atom.